The summed E-state index contributed by atoms with van der Waals surface area (Å²) in [7, 11) is 0. The molecule has 0 N–H and O–H groups in total. The average molecular weight is 588 g/mol. The zero-order valence-electron chi connectivity index (χ0n) is 20.6. The summed E-state index contributed by atoms with van der Waals surface area (Å²) in [6.07, 6.45) is -12.2. The standard InChI is InChI=1S/C27H6F6N8O2/c28-26(29,30)25(27(31,32)33,11-2-4-14-15(5-11)22-39-18(8-35)20(10-37)41(22)23(14)42)12-1-3-13-16(6-12)24(43)40-19(9-36)17(7-34)38-21(13)40/h1-6H. The van der Waals surface area contributed by atoms with Crippen molar-refractivity contribution in [3.05, 3.63) is 81.4 Å². The van der Waals surface area contributed by atoms with Gasteiger partial charge in [0.15, 0.2) is 34.4 Å². The lowest BCUT2D eigenvalue weighted by Gasteiger charge is -2.38. The second-order valence-corrected chi connectivity index (χ2v) is 9.26. The van der Waals surface area contributed by atoms with Crippen LogP contribution in [0.25, 0.3) is 22.8 Å². The summed E-state index contributed by atoms with van der Waals surface area (Å²) < 4.78 is 90.9. The van der Waals surface area contributed by atoms with Gasteiger partial charge in [0.2, 0.25) is 5.41 Å². The third kappa shape index (κ3) is 3.14. The Morgan fingerprint density at radius 3 is 1.44 bits per heavy atom. The molecule has 6 rings (SSSR count). The van der Waals surface area contributed by atoms with Crippen LogP contribution in [0.2, 0.25) is 0 Å². The van der Waals surface area contributed by atoms with Crippen LogP contribution in [-0.2, 0) is 5.41 Å². The van der Waals surface area contributed by atoms with Gasteiger partial charge in [0, 0.05) is 11.1 Å². The molecule has 0 radical (unpaired) electrons. The molecule has 43 heavy (non-hydrogen) atoms. The fourth-order valence-corrected chi connectivity index (χ4v) is 5.48. The number of nitriles is 4. The number of fused-ring (bicyclic) bond motifs is 6. The minimum atomic E-state index is -6.08. The highest BCUT2D eigenvalue weighted by Gasteiger charge is 2.73. The highest BCUT2D eigenvalue weighted by molar-refractivity contribution is 6.10. The van der Waals surface area contributed by atoms with E-state index in [0.29, 0.717) is 33.4 Å². The average Bonchev–Trinajstić information content (AvgIpc) is 3.66. The lowest BCUT2D eigenvalue weighted by atomic mass is 9.71. The zero-order chi connectivity index (χ0) is 31.2. The van der Waals surface area contributed by atoms with Crippen molar-refractivity contribution >= 4 is 11.8 Å². The van der Waals surface area contributed by atoms with Gasteiger partial charge in [-0.15, -0.1) is 0 Å². The predicted molar refractivity (Wildman–Crippen MR) is 127 cm³/mol. The number of hydrogen-bond donors (Lipinski definition) is 0. The van der Waals surface area contributed by atoms with Crippen LogP contribution in [0.3, 0.4) is 0 Å². The van der Waals surface area contributed by atoms with E-state index in [1.54, 1.807) is 24.3 Å². The molecular formula is C27H6F6N8O2. The number of hydrogen-bond acceptors (Lipinski definition) is 8. The Labute approximate surface area is 234 Å². The Morgan fingerprint density at radius 1 is 0.581 bits per heavy atom. The number of imidazole rings is 2. The van der Waals surface area contributed by atoms with Crippen LogP contribution in [0.1, 0.15) is 54.6 Å². The molecule has 4 aromatic rings. The van der Waals surface area contributed by atoms with Gasteiger partial charge in [-0.2, -0.15) is 47.4 Å². The number of rotatable bonds is 2. The van der Waals surface area contributed by atoms with Gasteiger partial charge in [-0.3, -0.25) is 9.59 Å². The maximum Gasteiger partial charge on any atom is 0.411 e. The maximum absolute atomic E-state index is 14.9. The van der Waals surface area contributed by atoms with Crippen molar-refractivity contribution in [1.29, 1.82) is 21.0 Å². The molecule has 2 aliphatic heterocycles. The van der Waals surface area contributed by atoms with Gasteiger partial charge in [0.25, 0.3) is 11.8 Å². The van der Waals surface area contributed by atoms with E-state index in [2.05, 4.69) is 9.97 Å². The second kappa shape index (κ2) is 8.38. The quantitative estimate of drug-likeness (QED) is 0.270. The van der Waals surface area contributed by atoms with E-state index in [1.165, 1.54) is 0 Å². The van der Waals surface area contributed by atoms with E-state index < -0.39 is 80.4 Å². The minimum Gasteiger partial charge on any atom is -0.268 e. The fraction of sp³-hybridized carbons (Fsp3) is 0.111. The molecule has 0 unspecified atom stereocenters. The second-order valence-electron chi connectivity index (χ2n) is 9.26. The Kier molecular flexibility index (Phi) is 5.25. The molecule has 2 aliphatic rings. The third-order valence-corrected chi connectivity index (χ3v) is 7.28. The van der Waals surface area contributed by atoms with Crippen LogP contribution in [0.15, 0.2) is 36.4 Å². The molecule has 2 aromatic heterocycles. The first-order valence-electron chi connectivity index (χ1n) is 11.6. The van der Waals surface area contributed by atoms with E-state index in [0.717, 1.165) is 12.1 Å². The summed E-state index contributed by atoms with van der Waals surface area (Å²) in [6, 6.07) is 9.70. The van der Waals surface area contributed by atoms with Crippen LogP contribution in [-0.4, -0.2) is 43.3 Å². The number of alkyl halides is 6. The fourth-order valence-electron chi connectivity index (χ4n) is 5.48. The predicted octanol–water partition coefficient (Wildman–Crippen LogP) is 4.31. The molecule has 0 atom stereocenters. The number of carbonyl (C=O) groups excluding carboxylic acids is 2. The van der Waals surface area contributed by atoms with Gasteiger partial charge in [-0.05, 0) is 29.3 Å². The molecule has 16 heteroatoms. The summed E-state index contributed by atoms with van der Waals surface area (Å²) >= 11 is 0. The molecule has 0 amide bonds. The Bertz CT molecular complexity index is 2150. The molecule has 0 saturated heterocycles. The summed E-state index contributed by atoms with van der Waals surface area (Å²) in [4.78, 5) is 33.7. The van der Waals surface area contributed by atoms with Gasteiger partial charge >= 0.3 is 12.4 Å². The Hall–Kier alpha value is -6.26. The molecule has 0 bridgehead atoms. The first-order chi connectivity index (χ1) is 20.3. The molecule has 0 saturated carbocycles. The van der Waals surface area contributed by atoms with Crippen molar-refractivity contribution in [2.45, 2.75) is 17.8 Å². The Balaban J connectivity index is 1.63. The molecule has 0 fully saturated rings. The largest absolute Gasteiger partial charge is 0.411 e. The molecular weight excluding hydrogens is 582 g/mol. The first kappa shape index (κ1) is 26.9. The highest BCUT2D eigenvalue weighted by atomic mass is 19.4. The Morgan fingerprint density at radius 2 is 1.00 bits per heavy atom. The highest BCUT2D eigenvalue weighted by Crippen LogP contribution is 2.57. The van der Waals surface area contributed by atoms with Gasteiger partial charge < -0.3 is 0 Å². The SMILES string of the molecule is N#Cc1nc2n(c1C#N)C(=O)c1cc(C(c3ccc4c(c3)-c3nc(C#N)c(C#N)n3C4=O)(C(F)(F)F)C(F)(F)F)ccc1-2. The topological polar surface area (TPSA) is 165 Å². The number of carbonyl (C=O) groups is 2. The van der Waals surface area contributed by atoms with Gasteiger partial charge in [0.1, 0.15) is 24.3 Å². The van der Waals surface area contributed by atoms with Crippen molar-refractivity contribution in [3.8, 4) is 47.1 Å². The monoisotopic (exact) mass is 588 g/mol. The number of halogens is 6. The van der Waals surface area contributed by atoms with Crippen molar-refractivity contribution in [2.75, 3.05) is 0 Å². The smallest absolute Gasteiger partial charge is 0.268 e. The summed E-state index contributed by atoms with van der Waals surface area (Å²) in [6.45, 7) is 0. The van der Waals surface area contributed by atoms with Gasteiger partial charge in [0.05, 0.1) is 11.1 Å². The van der Waals surface area contributed by atoms with Crippen LogP contribution in [0, 0.1) is 45.3 Å². The van der Waals surface area contributed by atoms with E-state index in [4.69, 9.17) is 0 Å². The zero-order valence-corrected chi connectivity index (χ0v) is 20.6. The normalized spacial score (nSPS) is 13.3. The van der Waals surface area contributed by atoms with Crippen molar-refractivity contribution in [3.63, 3.8) is 0 Å². The third-order valence-electron chi connectivity index (χ3n) is 7.28. The van der Waals surface area contributed by atoms with Crippen LogP contribution in [0.5, 0.6) is 0 Å². The molecule has 208 valence electrons. The van der Waals surface area contributed by atoms with Gasteiger partial charge in [-0.1, -0.05) is 18.2 Å². The number of benzene rings is 2. The van der Waals surface area contributed by atoms with Crippen LogP contribution >= 0.6 is 0 Å². The molecule has 2 aromatic carbocycles. The van der Waals surface area contributed by atoms with Crippen LogP contribution < -0.4 is 0 Å². The van der Waals surface area contributed by atoms with Gasteiger partial charge in [-0.25, -0.2) is 19.1 Å². The minimum absolute atomic E-state index is 0.195. The summed E-state index contributed by atoms with van der Waals surface area (Å²) in [5, 5.41) is 37.2. The summed E-state index contributed by atoms with van der Waals surface area (Å²) in [5.74, 6) is -2.92. The lowest BCUT2D eigenvalue weighted by molar-refractivity contribution is -0.288. The van der Waals surface area contributed by atoms with E-state index in [-0.39, 0.29) is 17.0 Å². The van der Waals surface area contributed by atoms with Crippen LogP contribution in [0.4, 0.5) is 26.3 Å². The van der Waals surface area contributed by atoms with E-state index >= 15 is 0 Å². The van der Waals surface area contributed by atoms with E-state index in [1.807, 2.05) is 0 Å². The van der Waals surface area contributed by atoms with Crippen molar-refractivity contribution in [1.82, 2.24) is 19.1 Å². The molecule has 10 nitrogen and oxygen atoms in total. The summed E-state index contributed by atoms with van der Waals surface area (Å²) in [5.41, 5.74) is -11.3. The van der Waals surface area contributed by atoms with E-state index in [9.17, 15) is 57.0 Å². The van der Waals surface area contributed by atoms with Crippen molar-refractivity contribution in [2.24, 2.45) is 0 Å². The first-order valence-corrected chi connectivity index (χ1v) is 11.6. The molecule has 0 aliphatic carbocycles. The lowest BCUT2D eigenvalue weighted by Crippen LogP contribution is -2.54. The number of aromatic nitrogens is 4. The molecule has 0 spiro atoms. The molecule has 4 heterocycles. The maximum atomic E-state index is 14.9. The van der Waals surface area contributed by atoms with Crippen molar-refractivity contribution < 1.29 is 35.9 Å². The number of nitrogens with zero attached hydrogens (tertiary/aromatic N) is 8.